The Morgan fingerprint density at radius 3 is 2.64 bits per heavy atom. The van der Waals surface area contributed by atoms with Crippen molar-refractivity contribution < 1.29 is 0 Å². The molecule has 2 rings (SSSR count). The summed E-state index contributed by atoms with van der Waals surface area (Å²) in [5, 5.41) is 3.78. The second-order valence-corrected chi connectivity index (χ2v) is 5.89. The molecule has 0 amide bonds. The van der Waals surface area contributed by atoms with Crippen molar-refractivity contribution in [2.75, 3.05) is 6.54 Å². The highest BCUT2D eigenvalue weighted by Crippen LogP contribution is 2.39. The summed E-state index contributed by atoms with van der Waals surface area (Å²) in [6, 6.07) is 0. The molecule has 1 N–H and O–H groups in total. The van der Waals surface area contributed by atoms with Crippen LogP contribution in [0, 0.1) is 11.8 Å². The lowest BCUT2D eigenvalue weighted by Gasteiger charge is -2.31. The molecule has 0 aromatic carbocycles. The van der Waals surface area contributed by atoms with Crippen molar-refractivity contribution in [2.45, 2.75) is 64.3 Å². The monoisotopic (exact) mass is 195 g/mol. The smallest absolute Gasteiger partial charge is 0.0184 e. The second-order valence-electron chi connectivity index (χ2n) is 5.89. The maximum Gasteiger partial charge on any atom is 0.0184 e. The van der Waals surface area contributed by atoms with Crippen LogP contribution in [-0.4, -0.2) is 12.1 Å². The first-order valence-corrected chi connectivity index (χ1v) is 6.45. The molecular formula is C13H25N. The van der Waals surface area contributed by atoms with Crippen LogP contribution < -0.4 is 5.32 Å². The Morgan fingerprint density at radius 2 is 2.14 bits per heavy atom. The highest BCUT2D eigenvalue weighted by Gasteiger charge is 2.35. The average Bonchev–Trinajstić information content (AvgIpc) is 2.85. The lowest BCUT2D eigenvalue weighted by atomic mass is 9.83. The highest BCUT2D eigenvalue weighted by atomic mass is 15.0. The molecule has 82 valence electrons. The van der Waals surface area contributed by atoms with Gasteiger partial charge in [0.25, 0.3) is 0 Å². The molecule has 1 nitrogen and oxygen atoms in total. The van der Waals surface area contributed by atoms with E-state index in [1.807, 2.05) is 0 Å². The summed E-state index contributed by atoms with van der Waals surface area (Å²) in [5.41, 5.74) is 0.538. The molecule has 0 radical (unpaired) electrons. The maximum absolute atomic E-state index is 3.78. The molecule has 1 atom stereocenters. The van der Waals surface area contributed by atoms with Crippen LogP contribution in [-0.2, 0) is 0 Å². The van der Waals surface area contributed by atoms with Gasteiger partial charge < -0.3 is 5.32 Å². The van der Waals surface area contributed by atoms with Gasteiger partial charge in [0.15, 0.2) is 0 Å². The number of hydrogen-bond acceptors (Lipinski definition) is 1. The van der Waals surface area contributed by atoms with E-state index >= 15 is 0 Å². The summed E-state index contributed by atoms with van der Waals surface area (Å²) in [6.07, 6.45) is 10.2. The molecule has 1 unspecified atom stereocenters. The van der Waals surface area contributed by atoms with Crippen molar-refractivity contribution in [3.05, 3.63) is 0 Å². The van der Waals surface area contributed by atoms with Gasteiger partial charge >= 0.3 is 0 Å². The van der Waals surface area contributed by atoms with Crippen molar-refractivity contribution in [1.29, 1.82) is 0 Å². The van der Waals surface area contributed by atoms with Crippen LogP contribution in [0.5, 0.6) is 0 Å². The Hall–Kier alpha value is -0.0400. The van der Waals surface area contributed by atoms with Crippen LogP contribution in [0.15, 0.2) is 0 Å². The van der Waals surface area contributed by atoms with E-state index < -0.39 is 0 Å². The summed E-state index contributed by atoms with van der Waals surface area (Å²) in [6.45, 7) is 5.98. The van der Waals surface area contributed by atoms with Crippen molar-refractivity contribution in [3.8, 4) is 0 Å². The second kappa shape index (κ2) is 4.22. The van der Waals surface area contributed by atoms with Crippen LogP contribution in [0.2, 0.25) is 0 Å². The van der Waals surface area contributed by atoms with E-state index in [0.717, 1.165) is 11.8 Å². The van der Waals surface area contributed by atoms with Crippen molar-refractivity contribution in [3.63, 3.8) is 0 Å². The minimum atomic E-state index is 0.538. The normalized spacial score (nSPS) is 32.8. The minimum Gasteiger partial charge on any atom is -0.311 e. The van der Waals surface area contributed by atoms with Gasteiger partial charge in [-0.3, -0.25) is 0 Å². The maximum atomic E-state index is 3.78. The lowest BCUT2D eigenvalue weighted by molar-refractivity contribution is 0.273. The summed E-state index contributed by atoms with van der Waals surface area (Å²) < 4.78 is 0. The zero-order valence-electron chi connectivity index (χ0n) is 9.81. The molecular weight excluding hydrogens is 170 g/mol. The zero-order valence-corrected chi connectivity index (χ0v) is 9.81. The Labute approximate surface area is 88.7 Å². The van der Waals surface area contributed by atoms with E-state index in [9.17, 15) is 0 Å². The third-order valence-electron chi connectivity index (χ3n) is 3.86. The largest absolute Gasteiger partial charge is 0.311 e. The minimum absolute atomic E-state index is 0.538. The summed E-state index contributed by atoms with van der Waals surface area (Å²) in [5.74, 6) is 1.95. The van der Waals surface area contributed by atoms with Crippen LogP contribution >= 0.6 is 0 Å². The molecule has 1 heteroatoms. The van der Waals surface area contributed by atoms with E-state index in [-0.39, 0.29) is 0 Å². The molecule has 1 aliphatic heterocycles. The number of nitrogens with one attached hydrogen (secondary N) is 1. The highest BCUT2D eigenvalue weighted by molar-refractivity contribution is 4.94. The first kappa shape index (κ1) is 10.5. The molecule has 0 aromatic rings. The molecule has 14 heavy (non-hydrogen) atoms. The molecule has 2 fully saturated rings. The molecule has 2 aliphatic rings. The Morgan fingerprint density at radius 1 is 1.36 bits per heavy atom. The van der Waals surface area contributed by atoms with Gasteiger partial charge in [-0.2, -0.15) is 0 Å². The van der Waals surface area contributed by atoms with E-state index in [1.165, 1.54) is 51.5 Å². The summed E-state index contributed by atoms with van der Waals surface area (Å²) in [7, 11) is 0. The number of rotatable bonds is 5. The van der Waals surface area contributed by atoms with Crippen LogP contribution in [0.25, 0.3) is 0 Å². The van der Waals surface area contributed by atoms with E-state index in [0.29, 0.717) is 5.54 Å². The van der Waals surface area contributed by atoms with E-state index in [1.54, 1.807) is 0 Å². The van der Waals surface area contributed by atoms with Crippen LogP contribution in [0.4, 0.5) is 0 Å². The SMILES string of the molecule is CC(C)CC1(CCC2CC2)CCCN1. The first-order chi connectivity index (χ1) is 6.70. The Bertz CT molecular complexity index is 176. The van der Waals surface area contributed by atoms with Gasteiger partial charge in [-0.1, -0.05) is 26.7 Å². The molecule has 1 saturated heterocycles. The number of hydrogen-bond donors (Lipinski definition) is 1. The summed E-state index contributed by atoms with van der Waals surface area (Å²) >= 11 is 0. The Kier molecular flexibility index (Phi) is 3.16. The van der Waals surface area contributed by atoms with Gasteiger partial charge in [0.05, 0.1) is 0 Å². The van der Waals surface area contributed by atoms with Gasteiger partial charge in [0.2, 0.25) is 0 Å². The molecule has 0 spiro atoms. The standard InChI is InChI=1S/C13H25N/c1-11(2)10-13(7-3-9-14-13)8-6-12-4-5-12/h11-12,14H,3-10H2,1-2H3. The van der Waals surface area contributed by atoms with Gasteiger partial charge in [-0.15, -0.1) is 0 Å². The molecule has 1 aliphatic carbocycles. The lowest BCUT2D eigenvalue weighted by Crippen LogP contribution is -2.41. The fourth-order valence-corrected chi connectivity index (χ4v) is 3.03. The van der Waals surface area contributed by atoms with Crippen molar-refractivity contribution in [1.82, 2.24) is 5.32 Å². The van der Waals surface area contributed by atoms with Crippen molar-refractivity contribution in [2.24, 2.45) is 11.8 Å². The van der Waals surface area contributed by atoms with Crippen molar-refractivity contribution >= 4 is 0 Å². The zero-order chi connectivity index (χ0) is 10.0. The predicted octanol–water partition coefficient (Wildman–Crippen LogP) is 3.34. The van der Waals surface area contributed by atoms with E-state index in [4.69, 9.17) is 0 Å². The van der Waals surface area contributed by atoms with Gasteiger partial charge in [0, 0.05) is 5.54 Å². The fourth-order valence-electron chi connectivity index (χ4n) is 3.03. The van der Waals surface area contributed by atoms with Crippen LogP contribution in [0.1, 0.15) is 58.8 Å². The molecule has 0 bridgehead atoms. The third-order valence-corrected chi connectivity index (χ3v) is 3.86. The fraction of sp³-hybridized carbons (Fsp3) is 1.00. The summed E-state index contributed by atoms with van der Waals surface area (Å²) in [4.78, 5) is 0. The Balaban J connectivity index is 1.83. The van der Waals surface area contributed by atoms with Gasteiger partial charge in [0.1, 0.15) is 0 Å². The van der Waals surface area contributed by atoms with Gasteiger partial charge in [-0.25, -0.2) is 0 Å². The van der Waals surface area contributed by atoms with E-state index in [2.05, 4.69) is 19.2 Å². The predicted molar refractivity (Wildman–Crippen MR) is 61.4 cm³/mol. The van der Waals surface area contributed by atoms with Crippen LogP contribution in [0.3, 0.4) is 0 Å². The quantitative estimate of drug-likeness (QED) is 0.709. The van der Waals surface area contributed by atoms with Gasteiger partial charge in [-0.05, 0) is 50.5 Å². The third kappa shape index (κ3) is 2.73. The average molecular weight is 195 g/mol. The molecule has 1 heterocycles. The molecule has 1 saturated carbocycles. The first-order valence-electron chi connectivity index (χ1n) is 6.45. The topological polar surface area (TPSA) is 12.0 Å². The molecule has 0 aromatic heterocycles.